The van der Waals surface area contributed by atoms with Gasteiger partial charge >= 0.3 is 0 Å². The number of aliphatic hydroxyl groups is 3. The molecule has 0 saturated heterocycles. The van der Waals surface area contributed by atoms with E-state index in [0.717, 1.165) is 0 Å². The highest BCUT2D eigenvalue weighted by Crippen LogP contribution is 2.58. The van der Waals surface area contributed by atoms with Gasteiger partial charge in [-0.3, -0.25) is 19.3 Å². The van der Waals surface area contributed by atoms with Crippen LogP contribution in [0.5, 0.6) is 5.75 Å². The van der Waals surface area contributed by atoms with Gasteiger partial charge in [-0.05, 0) is 31.8 Å². The molecule has 0 spiro atoms. The summed E-state index contributed by atoms with van der Waals surface area (Å²) in [6.07, 6.45) is 0.693. The molecule has 0 bridgehead atoms. The number of phenolic OH excluding ortho intramolecular Hbond substituents is 1. The van der Waals surface area contributed by atoms with E-state index in [4.69, 9.17) is 10.5 Å². The van der Waals surface area contributed by atoms with Crippen LogP contribution in [0.2, 0.25) is 0 Å². The number of aliphatic hydroxyl groups excluding tert-OH is 2. The summed E-state index contributed by atoms with van der Waals surface area (Å²) < 4.78 is 6.19. The van der Waals surface area contributed by atoms with E-state index in [1.807, 2.05) is 0 Å². The molecule has 6 N–H and O–H groups in total. The molecular weight excluding hydrogens is 524 g/mol. The molecule has 6 atom stereocenters. The summed E-state index contributed by atoms with van der Waals surface area (Å²) in [4.78, 5) is 40.8. The first-order valence-electron chi connectivity index (χ1n) is 10.9. The molecule has 0 unspecified atom stereocenters. The van der Waals surface area contributed by atoms with Gasteiger partial charge in [0.1, 0.15) is 34.7 Å². The summed E-state index contributed by atoms with van der Waals surface area (Å²) >= 11 is 3.36. The lowest BCUT2D eigenvalue weighted by Gasteiger charge is -2.56. The maximum Gasteiger partial charge on any atom is 0.255 e. The molecule has 1 amide bonds. The Kier molecular flexibility index (Phi) is 5.17. The molecule has 35 heavy (non-hydrogen) atoms. The largest absolute Gasteiger partial charge is 0.510 e. The van der Waals surface area contributed by atoms with Crippen molar-refractivity contribution in [2.24, 2.45) is 17.6 Å². The molecule has 3 aliphatic carbocycles. The van der Waals surface area contributed by atoms with Crippen LogP contribution in [0.15, 0.2) is 52.7 Å². The van der Waals surface area contributed by atoms with Crippen LogP contribution in [0.3, 0.4) is 0 Å². The molecule has 1 aromatic rings. The number of aromatic hydroxyl groups is 1. The smallest absolute Gasteiger partial charge is 0.255 e. The van der Waals surface area contributed by atoms with Gasteiger partial charge in [-0.25, -0.2) is 0 Å². The fraction of sp³-hybridized carbons (Fsp3) is 0.375. The first-order valence-corrected chi connectivity index (χ1v) is 12.0. The van der Waals surface area contributed by atoms with Crippen molar-refractivity contribution in [3.8, 4) is 5.75 Å². The minimum absolute atomic E-state index is 0.0518. The Bertz CT molecular complexity index is 1300. The SMILES string of the molecule is CN(C)[C@@H]1C(O)=C(C(N)=O)C(=O)[C@@]2(O)C(O)=C3C(=O)c4c(O)cccc4[C@@H]4C=C(CBr)O[C@@H]([C@@H]34)[C@@H]12. The molecule has 0 saturated carbocycles. The second-order valence-corrected chi connectivity index (χ2v) is 9.95. The molecule has 10 nitrogen and oxygen atoms in total. The van der Waals surface area contributed by atoms with Crippen LogP contribution in [0, 0.1) is 11.8 Å². The maximum absolute atomic E-state index is 13.6. The van der Waals surface area contributed by atoms with Crippen molar-refractivity contribution >= 4 is 33.4 Å². The number of nitrogens with zero attached hydrogens (tertiary/aromatic N) is 1. The van der Waals surface area contributed by atoms with E-state index in [1.54, 1.807) is 32.3 Å². The van der Waals surface area contributed by atoms with Crippen LogP contribution in [0.1, 0.15) is 21.8 Å². The number of benzene rings is 1. The van der Waals surface area contributed by atoms with Gasteiger partial charge in [0.05, 0.1) is 22.9 Å². The number of likely N-dealkylation sites (N-methyl/N-ethyl adjacent to an activating group) is 1. The van der Waals surface area contributed by atoms with Gasteiger partial charge in [-0.2, -0.15) is 0 Å². The molecule has 1 aromatic carbocycles. The molecule has 1 aliphatic heterocycles. The third-order valence-electron chi connectivity index (χ3n) is 7.47. The molecule has 11 heteroatoms. The van der Waals surface area contributed by atoms with E-state index in [0.29, 0.717) is 11.3 Å². The number of primary amides is 1. The number of hydrogen-bond acceptors (Lipinski definition) is 9. The van der Waals surface area contributed by atoms with Crippen molar-refractivity contribution in [1.29, 1.82) is 0 Å². The molecule has 0 aromatic heterocycles. The highest BCUT2D eigenvalue weighted by atomic mass is 79.9. The van der Waals surface area contributed by atoms with E-state index in [-0.39, 0.29) is 22.2 Å². The van der Waals surface area contributed by atoms with E-state index in [1.165, 1.54) is 11.0 Å². The molecule has 0 radical (unpaired) electrons. The number of halogens is 1. The summed E-state index contributed by atoms with van der Waals surface area (Å²) in [7, 11) is 3.12. The molecular formula is C24H23BrN2O8. The number of ether oxygens (including phenoxy) is 1. The fourth-order valence-electron chi connectivity index (χ4n) is 6.13. The van der Waals surface area contributed by atoms with Crippen molar-refractivity contribution in [3.63, 3.8) is 0 Å². The lowest BCUT2D eigenvalue weighted by molar-refractivity contribution is -0.165. The second-order valence-electron chi connectivity index (χ2n) is 9.39. The van der Waals surface area contributed by atoms with Crippen molar-refractivity contribution < 1.29 is 39.5 Å². The van der Waals surface area contributed by atoms with Gasteiger partial charge in [0.15, 0.2) is 11.4 Å². The number of amides is 1. The van der Waals surface area contributed by atoms with E-state index < -0.39 is 70.1 Å². The van der Waals surface area contributed by atoms with Crippen molar-refractivity contribution in [2.45, 2.75) is 23.7 Å². The van der Waals surface area contributed by atoms with Crippen LogP contribution in [-0.2, 0) is 14.3 Å². The molecule has 0 fully saturated rings. The average Bonchev–Trinajstić information content (AvgIpc) is 2.79. The highest BCUT2D eigenvalue weighted by molar-refractivity contribution is 9.09. The predicted molar refractivity (Wildman–Crippen MR) is 125 cm³/mol. The van der Waals surface area contributed by atoms with Crippen LogP contribution in [0.4, 0.5) is 0 Å². The minimum Gasteiger partial charge on any atom is -0.510 e. The van der Waals surface area contributed by atoms with Crippen LogP contribution >= 0.6 is 15.9 Å². The number of carbonyl (C=O) groups is 3. The number of phenols is 1. The summed E-state index contributed by atoms with van der Waals surface area (Å²) in [5.41, 5.74) is 1.89. The summed E-state index contributed by atoms with van der Waals surface area (Å²) in [6.45, 7) is 0. The van der Waals surface area contributed by atoms with Crippen LogP contribution < -0.4 is 5.73 Å². The number of Topliss-reactive ketones (excluding diaryl/α,β-unsaturated/α-hetero) is 2. The highest BCUT2D eigenvalue weighted by Gasteiger charge is 2.69. The van der Waals surface area contributed by atoms with E-state index in [2.05, 4.69) is 15.9 Å². The van der Waals surface area contributed by atoms with Gasteiger partial charge in [0.2, 0.25) is 5.78 Å². The fourth-order valence-corrected chi connectivity index (χ4v) is 6.45. The zero-order chi connectivity index (χ0) is 25.6. The maximum atomic E-state index is 13.6. The number of fused-ring (bicyclic) bond motifs is 4. The lowest BCUT2D eigenvalue weighted by atomic mass is 9.54. The summed E-state index contributed by atoms with van der Waals surface area (Å²) in [6, 6.07) is 3.46. The Labute approximate surface area is 208 Å². The summed E-state index contributed by atoms with van der Waals surface area (Å²) in [5.74, 6) is -7.52. The topological polar surface area (TPSA) is 171 Å². The quantitative estimate of drug-likeness (QED) is 0.273. The number of alkyl halides is 1. The molecule has 184 valence electrons. The zero-order valence-corrected chi connectivity index (χ0v) is 20.3. The Morgan fingerprint density at radius 2 is 1.91 bits per heavy atom. The number of ketones is 2. The molecule has 4 aliphatic rings. The third kappa shape index (κ3) is 2.85. The van der Waals surface area contributed by atoms with Crippen molar-refractivity contribution in [3.05, 3.63) is 63.8 Å². The Hall–Kier alpha value is -3.15. The van der Waals surface area contributed by atoms with Gasteiger partial charge in [0, 0.05) is 17.4 Å². The average molecular weight is 547 g/mol. The van der Waals surface area contributed by atoms with Crippen LogP contribution in [-0.4, -0.2) is 80.0 Å². The van der Waals surface area contributed by atoms with Crippen LogP contribution in [0.25, 0.3) is 0 Å². The first kappa shape index (κ1) is 23.6. The van der Waals surface area contributed by atoms with Crippen molar-refractivity contribution in [1.82, 2.24) is 4.90 Å². The van der Waals surface area contributed by atoms with Gasteiger partial charge < -0.3 is 30.9 Å². The van der Waals surface area contributed by atoms with E-state index >= 15 is 0 Å². The van der Waals surface area contributed by atoms with Crippen molar-refractivity contribution in [2.75, 3.05) is 19.4 Å². The summed E-state index contributed by atoms with van der Waals surface area (Å²) in [5, 5.41) is 45.0. The second kappa shape index (κ2) is 7.67. The van der Waals surface area contributed by atoms with E-state index in [9.17, 15) is 34.8 Å². The number of carbonyl (C=O) groups excluding carboxylic acids is 3. The number of nitrogens with two attached hydrogens (primary N) is 1. The minimum atomic E-state index is -2.79. The first-order chi connectivity index (χ1) is 16.5. The lowest BCUT2D eigenvalue weighted by Crippen LogP contribution is -2.69. The zero-order valence-electron chi connectivity index (χ0n) is 18.7. The Balaban J connectivity index is 1.88. The Morgan fingerprint density at radius 3 is 2.51 bits per heavy atom. The standard InChI is InChI=1S/C24H23BrN2O8/c1-27(2)17-16-20-13-10(6-8(7-25)35-20)9-4-3-5-11(28)12(9)18(29)14(13)21(31)24(16,34)22(32)15(19(17)30)23(26)33/h3-6,10,13,16-17,20,28,30-31,34H,7H2,1-2H3,(H2,26,33)/t10-,13+,16+,17-,20-,24-/m0/s1. The van der Waals surface area contributed by atoms with Gasteiger partial charge in [-0.1, -0.05) is 28.1 Å². The predicted octanol–water partition coefficient (Wildman–Crippen LogP) is 0.949. The molecule has 1 heterocycles. The number of hydrogen-bond donors (Lipinski definition) is 5. The normalized spacial score (nSPS) is 33.6. The number of rotatable bonds is 3. The van der Waals surface area contributed by atoms with Gasteiger partial charge in [0.25, 0.3) is 5.91 Å². The van der Waals surface area contributed by atoms with Gasteiger partial charge in [-0.15, -0.1) is 0 Å². The number of allylic oxidation sites excluding steroid dienone is 2. The third-order valence-corrected chi connectivity index (χ3v) is 8.02. The molecule has 5 rings (SSSR count). The Morgan fingerprint density at radius 1 is 1.23 bits per heavy atom. The monoisotopic (exact) mass is 546 g/mol.